The number of hydrogen-bond donors (Lipinski definition) is 1. The maximum absolute atomic E-state index is 12.4. The number of unbranched alkanes of at least 4 members (excludes halogenated alkanes) is 2. The van der Waals surface area contributed by atoms with E-state index in [-0.39, 0.29) is 5.91 Å². The van der Waals surface area contributed by atoms with Crippen LogP contribution in [0.15, 0.2) is 54.9 Å². The Hall–Kier alpha value is -3.09. The first-order valence-corrected chi connectivity index (χ1v) is 15.5. The average molecular weight is 538 g/mol. The Morgan fingerprint density at radius 2 is 1.95 bits per heavy atom. The van der Waals surface area contributed by atoms with Crippen LogP contribution in [0.3, 0.4) is 0 Å². The van der Waals surface area contributed by atoms with Crippen LogP contribution in [0, 0.1) is 0 Å². The summed E-state index contributed by atoms with van der Waals surface area (Å²) in [6.45, 7) is 7.21. The first-order chi connectivity index (χ1) is 19.7. The highest BCUT2D eigenvalue weighted by molar-refractivity contribution is 5.80. The quantitative estimate of drug-likeness (QED) is 0.310. The summed E-state index contributed by atoms with van der Waals surface area (Å²) >= 11 is 0. The lowest BCUT2D eigenvalue weighted by Crippen LogP contribution is -2.48. The predicted octanol–water partition coefficient (Wildman–Crippen LogP) is 5.87. The van der Waals surface area contributed by atoms with Gasteiger partial charge in [0.15, 0.2) is 0 Å². The summed E-state index contributed by atoms with van der Waals surface area (Å²) in [4.78, 5) is 27.1. The van der Waals surface area contributed by atoms with Crippen LogP contribution in [-0.4, -0.2) is 58.4 Å². The van der Waals surface area contributed by atoms with Crippen molar-refractivity contribution >= 4 is 5.91 Å². The Balaban J connectivity index is 1.29. The van der Waals surface area contributed by atoms with Gasteiger partial charge in [0.05, 0.1) is 24.0 Å². The molecule has 40 heavy (non-hydrogen) atoms. The molecule has 3 heterocycles. The second-order valence-electron chi connectivity index (χ2n) is 11.7. The fraction of sp³-hybridized carbons (Fsp3) is 0.500. The van der Waals surface area contributed by atoms with Gasteiger partial charge in [0.1, 0.15) is 0 Å². The zero-order chi connectivity index (χ0) is 27.3. The van der Waals surface area contributed by atoms with Gasteiger partial charge in [0.2, 0.25) is 5.91 Å². The molecule has 6 nitrogen and oxygen atoms in total. The third-order valence-electron chi connectivity index (χ3n) is 9.16. The largest absolute Gasteiger partial charge is 0.340 e. The van der Waals surface area contributed by atoms with Gasteiger partial charge in [-0.3, -0.25) is 19.7 Å². The van der Waals surface area contributed by atoms with Gasteiger partial charge in [0.25, 0.3) is 0 Å². The molecule has 1 N–H and O–H groups in total. The number of fused-ring (bicyclic) bond motifs is 4. The van der Waals surface area contributed by atoms with Gasteiger partial charge in [0, 0.05) is 44.5 Å². The zero-order valence-electron chi connectivity index (χ0n) is 23.9. The first-order valence-electron chi connectivity index (χ1n) is 15.5. The van der Waals surface area contributed by atoms with Crippen molar-refractivity contribution in [2.24, 2.45) is 0 Å². The predicted molar refractivity (Wildman–Crippen MR) is 160 cm³/mol. The normalized spacial score (nSPS) is 19.9. The van der Waals surface area contributed by atoms with Gasteiger partial charge in [-0.05, 0) is 85.0 Å². The third-order valence-corrected chi connectivity index (χ3v) is 9.16. The summed E-state index contributed by atoms with van der Waals surface area (Å²) in [5, 5.41) is 3.19. The molecule has 2 aliphatic carbocycles. The summed E-state index contributed by atoms with van der Waals surface area (Å²) in [5.41, 5.74) is 9.44. The highest BCUT2D eigenvalue weighted by atomic mass is 16.2. The molecule has 2 atom stereocenters. The van der Waals surface area contributed by atoms with Gasteiger partial charge in [-0.1, -0.05) is 50.1 Å². The Morgan fingerprint density at radius 1 is 1.02 bits per heavy atom. The van der Waals surface area contributed by atoms with E-state index in [4.69, 9.17) is 9.97 Å². The molecule has 0 bridgehead atoms. The van der Waals surface area contributed by atoms with Crippen molar-refractivity contribution in [2.75, 3.05) is 32.7 Å². The van der Waals surface area contributed by atoms with Crippen molar-refractivity contribution < 1.29 is 4.79 Å². The number of nitrogens with one attached hydrogen (secondary N) is 1. The molecule has 3 aliphatic rings. The molecule has 1 saturated heterocycles. The Kier molecular flexibility index (Phi) is 8.54. The van der Waals surface area contributed by atoms with Crippen LogP contribution in [-0.2, 0) is 17.8 Å². The average Bonchev–Trinajstić information content (AvgIpc) is 3.32. The number of piperazine rings is 1. The SMILES string of the molecule is CCCCCN(Cc1nccc2c1C(CCCN1CCNCC1=O)c1ccccc1-2)[C@H]1CCCc2cccnc21. The minimum Gasteiger partial charge on any atom is -0.340 e. The van der Waals surface area contributed by atoms with Crippen molar-refractivity contribution in [2.45, 2.75) is 76.8 Å². The number of carbonyl (C=O) groups is 1. The van der Waals surface area contributed by atoms with E-state index in [9.17, 15) is 4.79 Å². The summed E-state index contributed by atoms with van der Waals surface area (Å²) in [7, 11) is 0. The minimum absolute atomic E-state index is 0.227. The molecular formula is C34H43N5O. The standard InChI is InChI=1S/C34H43N5O/c1-2-3-6-20-39(31-15-7-10-25-11-8-17-37-34(25)31)24-30-33-28(14-9-21-38-22-19-35-23-32(38)40)26-12-4-5-13-27(26)29(33)16-18-36-30/h4-5,8,11-13,16-18,28,31,35H,2-3,6-7,9-10,14-15,19-24H2,1H3/t28?,31-/m0/s1. The van der Waals surface area contributed by atoms with Gasteiger partial charge < -0.3 is 10.2 Å². The van der Waals surface area contributed by atoms with Crippen LogP contribution in [0.4, 0.5) is 0 Å². The van der Waals surface area contributed by atoms with Crippen molar-refractivity contribution in [1.29, 1.82) is 0 Å². The zero-order valence-corrected chi connectivity index (χ0v) is 23.9. The minimum atomic E-state index is 0.227. The molecule has 6 rings (SSSR count). The summed E-state index contributed by atoms with van der Waals surface area (Å²) < 4.78 is 0. The van der Waals surface area contributed by atoms with E-state index in [0.29, 0.717) is 18.5 Å². The van der Waals surface area contributed by atoms with Gasteiger partial charge in [-0.2, -0.15) is 0 Å². The maximum atomic E-state index is 12.4. The molecule has 6 heteroatoms. The lowest BCUT2D eigenvalue weighted by atomic mass is 9.89. The lowest BCUT2D eigenvalue weighted by molar-refractivity contribution is -0.131. The Bertz CT molecular complexity index is 1320. The number of pyridine rings is 2. The van der Waals surface area contributed by atoms with Gasteiger partial charge >= 0.3 is 0 Å². The second-order valence-corrected chi connectivity index (χ2v) is 11.7. The summed E-state index contributed by atoms with van der Waals surface area (Å²) in [6.07, 6.45) is 13.2. The van der Waals surface area contributed by atoms with Crippen molar-refractivity contribution in [3.05, 3.63) is 82.9 Å². The molecular weight excluding hydrogens is 494 g/mol. The number of hydrogen-bond acceptors (Lipinski definition) is 5. The van der Waals surface area contributed by atoms with Crippen LogP contribution in [0.25, 0.3) is 11.1 Å². The smallest absolute Gasteiger partial charge is 0.236 e. The molecule has 1 unspecified atom stereocenters. The van der Waals surface area contributed by atoms with Gasteiger partial charge in [-0.25, -0.2) is 0 Å². The highest BCUT2D eigenvalue weighted by Gasteiger charge is 2.34. The van der Waals surface area contributed by atoms with E-state index < -0.39 is 0 Å². The molecule has 1 aliphatic heterocycles. The number of rotatable bonds is 11. The van der Waals surface area contributed by atoms with Crippen LogP contribution >= 0.6 is 0 Å². The molecule has 2 aromatic heterocycles. The summed E-state index contributed by atoms with van der Waals surface area (Å²) in [6, 6.07) is 15.8. The van der Waals surface area contributed by atoms with E-state index in [2.05, 4.69) is 59.6 Å². The van der Waals surface area contributed by atoms with E-state index in [1.807, 2.05) is 17.3 Å². The molecule has 3 aromatic rings. The number of benzene rings is 1. The number of aryl methyl sites for hydroxylation is 1. The fourth-order valence-corrected chi connectivity index (χ4v) is 7.18. The van der Waals surface area contributed by atoms with Gasteiger partial charge in [-0.15, -0.1) is 0 Å². The fourth-order valence-electron chi connectivity index (χ4n) is 7.18. The molecule has 0 radical (unpaired) electrons. The van der Waals surface area contributed by atoms with Crippen LogP contribution in [0.2, 0.25) is 0 Å². The third kappa shape index (κ3) is 5.57. The van der Waals surface area contributed by atoms with Crippen LogP contribution in [0.1, 0.15) is 91.9 Å². The number of carbonyl (C=O) groups excluding carboxylic acids is 1. The van der Waals surface area contributed by atoms with E-state index in [1.165, 1.54) is 64.9 Å². The van der Waals surface area contributed by atoms with E-state index >= 15 is 0 Å². The highest BCUT2D eigenvalue weighted by Crippen LogP contribution is 2.48. The molecule has 0 saturated carbocycles. The van der Waals surface area contributed by atoms with Crippen molar-refractivity contribution in [3.8, 4) is 11.1 Å². The number of aromatic nitrogens is 2. The lowest BCUT2D eigenvalue weighted by Gasteiger charge is -2.35. The molecule has 1 amide bonds. The Morgan fingerprint density at radius 3 is 2.85 bits per heavy atom. The molecule has 210 valence electrons. The van der Waals surface area contributed by atoms with E-state index in [1.54, 1.807) is 0 Å². The maximum Gasteiger partial charge on any atom is 0.236 e. The summed E-state index contributed by atoms with van der Waals surface area (Å²) in [5.74, 6) is 0.548. The van der Waals surface area contributed by atoms with E-state index in [0.717, 1.165) is 58.4 Å². The number of nitrogens with zero attached hydrogens (tertiary/aromatic N) is 4. The van der Waals surface area contributed by atoms with Crippen LogP contribution < -0.4 is 5.32 Å². The monoisotopic (exact) mass is 537 g/mol. The van der Waals surface area contributed by atoms with Crippen molar-refractivity contribution in [3.63, 3.8) is 0 Å². The van der Waals surface area contributed by atoms with Crippen LogP contribution in [0.5, 0.6) is 0 Å². The van der Waals surface area contributed by atoms with Crippen molar-refractivity contribution in [1.82, 2.24) is 25.1 Å². The Labute approximate surface area is 239 Å². The molecule has 1 aromatic carbocycles. The topological polar surface area (TPSA) is 61.4 Å². The second kappa shape index (κ2) is 12.6. The molecule has 0 spiro atoms. The molecule has 1 fully saturated rings. The first kappa shape index (κ1) is 27.1. The number of amides is 1.